The Kier molecular flexibility index (Phi) is 5.60. The summed E-state index contributed by atoms with van der Waals surface area (Å²) in [5.41, 5.74) is 5.42. The molecule has 0 aromatic heterocycles. The molecule has 0 saturated carbocycles. The fraction of sp³-hybridized carbons (Fsp3) is 0.261. The quantitative estimate of drug-likeness (QED) is 0.191. The van der Waals surface area contributed by atoms with Crippen LogP contribution < -0.4 is 0 Å². The van der Waals surface area contributed by atoms with E-state index in [1.54, 1.807) is 20.7 Å². The summed E-state index contributed by atoms with van der Waals surface area (Å²) in [4.78, 5) is 27.6. The van der Waals surface area contributed by atoms with Crippen LogP contribution in [0.1, 0.15) is 31.1 Å². The normalized spacial score (nSPS) is 22.0. The Morgan fingerprint density at radius 1 is 1.14 bits per heavy atom. The molecule has 0 bridgehead atoms. The van der Waals surface area contributed by atoms with Crippen molar-refractivity contribution in [2.45, 2.75) is 36.1 Å². The monoisotopic (exact) mass is 517 g/mol. The molecule has 0 N–H and O–H groups in total. The van der Waals surface area contributed by atoms with Crippen LogP contribution in [0.4, 0.5) is 0 Å². The molecule has 29 heavy (non-hydrogen) atoms. The van der Waals surface area contributed by atoms with E-state index >= 15 is 0 Å². The largest absolute Gasteiger partial charge is 0.451 e. The SMILES string of the molecule is CC1(C)S[C@@H]2C(=C=CI)C(=O)N2[C@H]1C(=O)OC(c1ccccc1)c1ccccc1. The van der Waals surface area contributed by atoms with Crippen molar-refractivity contribution in [1.82, 2.24) is 4.90 Å². The fourth-order valence-electron chi connectivity index (χ4n) is 3.83. The van der Waals surface area contributed by atoms with E-state index < -0.39 is 16.9 Å². The number of β-lactam (4-membered cyclic amide) rings is 1. The highest BCUT2D eigenvalue weighted by Crippen LogP contribution is 2.53. The molecule has 4 nitrogen and oxygen atoms in total. The van der Waals surface area contributed by atoms with Crippen LogP contribution in [0.3, 0.4) is 0 Å². The Hall–Kier alpha value is -2.02. The van der Waals surface area contributed by atoms with E-state index in [1.165, 1.54) is 0 Å². The molecule has 2 aliphatic heterocycles. The molecule has 148 valence electrons. The Balaban J connectivity index is 1.65. The maximum atomic E-state index is 13.3. The van der Waals surface area contributed by atoms with E-state index in [0.29, 0.717) is 5.57 Å². The highest BCUT2D eigenvalue weighted by atomic mass is 127. The second kappa shape index (κ2) is 8.01. The van der Waals surface area contributed by atoms with Crippen LogP contribution in [-0.2, 0) is 14.3 Å². The van der Waals surface area contributed by atoms with E-state index in [-0.39, 0.29) is 17.3 Å². The average molecular weight is 517 g/mol. The summed E-state index contributed by atoms with van der Waals surface area (Å²) in [5.74, 6) is -0.521. The Bertz CT molecular complexity index is 960. The zero-order valence-corrected chi connectivity index (χ0v) is 19.0. The topological polar surface area (TPSA) is 46.6 Å². The summed E-state index contributed by atoms with van der Waals surface area (Å²) in [6.07, 6.45) is -0.523. The molecule has 2 fully saturated rings. The van der Waals surface area contributed by atoms with Gasteiger partial charge in [-0.25, -0.2) is 4.79 Å². The number of rotatable bonds is 4. The van der Waals surface area contributed by atoms with Crippen molar-refractivity contribution in [3.8, 4) is 0 Å². The maximum Gasteiger partial charge on any atom is 0.331 e. The third-order valence-corrected chi connectivity index (χ3v) is 7.02. The zero-order chi connectivity index (χ0) is 20.6. The molecular weight excluding hydrogens is 497 g/mol. The molecule has 0 radical (unpaired) electrons. The van der Waals surface area contributed by atoms with Crippen LogP contribution >= 0.6 is 34.4 Å². The van der Waals surface area contributed by atoms with Crippen LogP contribution in [-0.4, -0.2) is 32.9 Å². The number of fused-ring (bicyclic) bond motifs is 1. The van der Waals surface area contributed by atoms with E-state index in [4.69, 9.17) is 4.74 Å². The van der Waals surface area contributed by atoms with Crippen molar-refractivity contribution < 1.29 is 14.3 Å². The van der Waals surface area contributed by atoms with Gasteiger partial charge in [-0.2, -0.15) is 0 Å². The Morgan fingerprint density at radius 3 is 2.21 bits per heavy atom. The van der Waals surface area contributed by atoms with Crippen LogP contribution in [0.5, 0.6) is 0 Å². The number of carbonyl (C=O) groups is 2. The molecule has 2 aliphatic rings. The summed E-state index contributed by atoms with van der Waals surface area (Å²) in [6.45, 7) is 3.97. The average Bonchev–Trinajstić information content (AvgIpc) is 2.99. The number of hydrogen-bond acceptors (Lipinski definition) is 4. The van der Waals surface area contributed by atoms with Gasteiger partial charge in [0.1, 0.15) is 11.4 Å². The molecule has 2 saturated heterocycles. The van der Waals surface area contributed by atoms with Gasteiger partial charge in [0, 0.05) is 8.83 Å². The van der Waals surface area contributed by atoms with Crippen molar-refractivity contribution in [3.05, 3.63) is 87.2 Å². The number of thioether (sulfide) groups is 1. The van der Waals surface area contributed by atoms with Gasteiger partial charge in [-0.1, -0.05) is 60.7 Å². The van der Waals surface area contributed by atoms with Gasteiger partial charge in [-0.3, -0.25) is 4.79 Å². The van der Waals surface area contributed by atoms with E-state index in [0.717, 1.165) is 11.1 Å². The Morgan fingerprint density at radius 2 is 1.69 bits per heavy atom. The molecule has 2 aromatic rings. The number of nitrogens with zero attached hydrogens (tertiary/aromatic N) is 1. The predicted molar refractivity (Wildman–Crippen MR) is 123 cm³/mol. The second-order valence-corrected chi connectivity index (χ2v) is 9.85. The molecule has 0 spiro atoms. The molecular formula is C23H20INO3S. The number of hydrogen-bond donors (Lipinski definition) is 0. The first kappa shape index (κ1) is 20.3. The van der Waals surface area contributed by atoms with Crippen molar-refractivity contribution in [1.29, 1.82) is 0 Å². The smallest absolute Gasteiger partial charge is 0.331 e. The van der Waals surface area contributed by atoms with Crippen LogP contribution in [0.25, 0.3) is 0 Å². The molecule has 4 rings (SSSR count). The maximum absolute atomic E-state index is 13.3. The molecule has 1 amide bonds. The van der Waals surface area contributed by atoms with E-state index in [2.05, 4.69) is 28.3 Å². The summed E-state index contributed by atoms with van der Waals surface area (Å²) in [7, 11) is 0. The first-order valence-corrected chi connectivity index (χ1v) is 11.4. The van der Waals surface area contributed by atoms with Gasteiger partial charge in [0.25, 0.3) is 5.91 Å². The van der Waals surface area contributed by atoms with Crippen LogP contribution in [0, 0.1) is 0 Å². The van der Waals surface area contributed by atoms with Crippen molar-refractivity contribution >= 4 is 46.2 Å². The molecule has 2 atom stereocenters. The van der Waals surface area contributed by atoms with Gasteiger partial charge in [0.2, 0.25) is 0 Å². The van der Waals surface area contributed by atoms with Crippen molar-refractivity contribution in [2.75, 3.05) is 0 Å². The van der Waals surface area contributed by atoms with Gasteiger partial charge in [0.05, 0.1) is 5.57 Å². The number of halogens is 1. The standard InChI is InChI=1S/C23H20INO3S/c1-23(2)19(25-20(26)17(13-14-24)21(25)29-23)22(27)28-18(15-9-5-3-6-10-15)16-11-7-4-8-12-16/h3-12,14,18-19,21H,1-2H3/t13?,19-,21+/m0/s1. The van der Waals surface area contributed by atoms with E-state index in [1.807, 2.05) is 74.5 Å². The highest BCUT2D eigenvalue weighted by Gasteiger charge is 2.62. The Labute approximate surface area is 188 Å². The molecule has 0 aliphatic carbocycles. The first-order chi connectivity index (χ1) is 13.9. The van der Waals surface area contributed by atoms with Crippen molar-refractivity contribution in [2.24, 2.45) is 0 Å². The van der Waals surface area contributed by atoms with Crippen molar-refractivity contribution in [3.63, 3.8) is 0 Å². The second-order valence-electron chi connectivity index (χ2n) is 7.49. The first-order valence-electron chi connectivity index (χ1n) is 9.30. The predicted octanol–water partition coefficient (Wildman–Crippen LogP) is 4.86. The number of benzene rings is 2. The minimum atomic E-state index is -0.639. The number of ether oxygens (including phenoxy) is 1. The van der Waals surface area contributed by atoms with Crippen LogP contribution in [0.2, 0.25) is 0 Å². The van der Waals surface area contributed by atoms with Gasteiger partial charge in [-0.15, -0.1) is 17.5 Å². The molecule has 2 aromatic carbocycles. The van der Waals surface area contributed by atoms with E-state index in [9.17, 15) is 9.59 Å². The number of carbonyl (C=O) groups excluding carboxylic acids is 2. The molecule has 2 heterocycles. The third kappa shape index (κ3) is 3.65. The van der Waals surface area contributed by atoms with Gasteiger partial charge < -0.3 is 9.64 Å². The molecule has 0 unspecified atom stereocenters. The lowest BCUT2D eigenvalue weighted by molar-refractivity contribution is -0.160. The molecule has 6 heteroatoms. The minimum absolute atomic E-state index is 0.140. The lowest BCUT2D eigenvalue weighted by Gasteiger charge is -2.38. The minimum Gasteiger partial charge on any atom is -0.451 e. The lowest BCUT2D eigenvalue weighted by atomic mass is 9.95. The summed E-state index contributed by atoms with van der Waals surface area (Å²) < 4.78 is 7.31. The highest BCUT2D eigenvalue weighted by molar-refractivity contribution is 14.1. The lowest BCUT2D eigenvalue weighted by Crippen LogP contribution is -2.58. The number of amides is 1. The third-order valence-electron chi connectivity index (χ3n) is 5.19. The zero-order valence-electron chi connectivity index (χ0n) is 16.0. The number of esters is 1. The van der Waals surface area contributed by atoms with Gasteiger partial charge in [0.15, 0.2) is 6.10 Å². The van der Waals surface area contributed by atoms with Gasteiger partial charge in [-0.05, 0) is 47.6 Å². The van der Waals surface area contributed by atoms with Crippen LogP contribution in [0.15, 0.2) is 76.1 Å². The summed E-state index contributed by atoms with van der Waals surface area (Å²) in [5, 5.41) is -0.145. The fourth-order valence-corrected chi connectivity index (χ4v) is 5.70. The van der Waals surface area contributed by atoms with Gasteiger partial charge >= 0.3 is 5.97 Å². The summed E-state index contributed by atoms with van der Waals surface area (Å²) >= 11 is 3.66. The summed E-state index contributed by atoms with van der Waals surface area (Å²) in [6, 6.07) is 18.7.